The summed E-state index contributed by atoms with van der Waals surface area (Å²) < 4.78 is 7.16. The Morgan fingerprint density at radius 1 is 1.24 bits per heavy atom. The van der Waals surface area contributed by atoms with Crippen molar-refractivity contribution in [2.24, 2.45) is 5.73 Å². The SMILES string of the molecule is CC(N)[C@@]1(c2ccccc2)Cc2c(ccc(Cl)c2Br)O1.Cl. The van der Waals surface area contributed by atoms with E-state index < -0.39 is 5.60 Å². The average Bonchev–Trinajstić information content (AvgIpc) is 2.86. The number of fused-ring (bicyclic) bond motifs is 1. The Labute approximate surface area is 144 Å². The molecule has 0 spiro atoms. The minimum atomic E-state index is -0.531. The number of nitrogens with two attached hydrogens (primary N) is 1. The van der Waals surface area contributed by atoms with Crippen LogP contribution >= 0.6 is 39.9 Å². The van der Waals surface area contributed by atoms with E-state index >= 15 is 0 Å². The Kier molecular flexibility index (Phi) is 4.89. The standard InChI is InChI=1S/C16H15BrClNO.ClH/c1-10(19)16(11-5-3-2-4-6-11)9-12-14(20-16)8-7-13(18)15(12)17;/h2-8,10H,9,19H2,1H3;1H/t10?,16-;/m1./s1. The lowest BCUT2D eigenvalue weighted by molar-refractivity contribution is 0.0686. The summed E-state index contributed by atoms with van der Waals surface area (Å²) in [6.07, 6.45) is 0.713. The average molecular weight is 389 g/mol. The number of hydrogen-bond acceptors (Lipinski definition) is 2. The molecule has 0 aromatic heterocycles. The predicted molar refractivity (Wildman–Crippen MR) is 92.5 cm³/mol. The summed E-state index contributed by atoms with van der Waals surface area (Å²) >= 11 is 9.73. The van der Waals surface area contributed by atoms with Crippen LogP contribution in [-0.4, -0.2) is 6.04 Å². The Morgan fingerprint density at radius 2 is 1.90 bits per heavy atom. The molecule has 2 nitrogen and oxygen atoms in total. The van der Waals surface area contributed by atoms with Gasteiger partial charge in [-0.1, -0.05) is 41.9 Å². The van der Waals surface area contributed by atoms with E-state index in [-0.39, 0.29) is 18.4 Å². The molecule has 0 saturated heterocycles. The van der Waals surface area contributed by atoms with Gasteiger partial charge in [0, 0.05) is 22.5 Å². The van der Waals surface area contributed by atoms with Crippen LogP contribution in [0.25, 0.3) is 0 Å². The Bertz CT molecular complexity index is 648. The van der Waals surface area contributed by atoms with Gasteiger partial charge in [0.2, 0.25) is 0 Å². The van der Waals surface area contributed by atoms with Crippen molar-refractivity contribution in [3.05, 3.63) is 63.1 Å². The number of benzene rings is 2. The normalized spacial score (nSPS) is 21.1. The molecule has 0 bridgehead atoms. The van der Waals surface area contributed by atoms with Crippen LogP contribution in [0.1, 0.15) is 18.1 Å². The van der Waals surface area contributed by atoms with E-state index in [0.29, 0.717) is 11.4 Å². The molecule has 0 saturated carbocycles. The highest BCUT2D eigenvalue weighted by Gasteiger charge is 2.45. The molecule has 0 fully saturated rings. The molecule has 2 N–H and O–H groups in total. The summed E-state index contributed by atoms with van der Waals surface area (Å²) in [4.78, 5) is 0. The maximum Gasteiger partial charge on any atom is 0.153 e. The fourth-order valence-electron chi connectivity index (χ4n) is 2.73. The predicted octanol–water partition coefficient (Wildman–Crippen LogP) is 4.70. The van der Waals surface area contributed by atoms with Crippen LogP contribution in [0.2, 0.25) is 5.02 Å². The summed E-state index contributed by atoms with van der Waals surface area (Å²) in [6.45, 7) is 1.98. The van der Waals surface area contributed by atoms with Crippen molar-refractivity contribution >= 4 is 39.9 Å². The maximum absolute atomic E-state index is 6.26. The van der Waals surface area contributed by atoms with Crippen LogP contribution in [-0.2, 0) is 12.0 Å². The molecule has 21 heavy (non-hydrogen) atoms. The number of hydrogen-bond donors (Lipinski definition) is 1. The zero-order chi connectivity index (χ0) is 14.3. The van der Waals surface area contributed by atoms with E-state index in [0.717, 1.165) is 21.3 Å². The van der Waals surface area contributed by atoms with E-state index in [4.69, 9.17) is 22.1 Å². The van der Waals surface area contributed by atoms with Gasteiger partial charge in [0.25, 0.3) is 0 Å². The zero-order valence-electron chi connectivity index (χ0n) is 11.5. The summed E-state index contributed by atoms with van der Waals surface area (Å²) in [7, 11) is 0. The fourth-order valence-corrected chi connectivity index (χ4v) is 3.37. The second-order valence-corrected chi connectivity index (χ2v) is 6.36. The minimum Gasteiger partial charge on any atom is -0.480 e. The first kappa shape index (κ1) is 16.6. The first-order chi connectivity index (χ1) is 9.54. The van der Waals surface area contributed by atoms with Crippen molar-refractivity contribution in [2.75, 3.05) is 0 Å². The molecule has 1 aliphatic rings. The van der Waals surface area contributed by atoms with Crippen molar-refractivity contribution in [3.63, 3.8) is 0 Å². The molecule has 5 heteroatoms. The maximum atomic E-state index is 6.26. The van der Waals surface area contributed by atoms with Gasteiger partial charge in [-0.2, -0.15) is 0 Å². The van der Waals surface area contributed by atoms with Crippen LogP contribution in [0, 0.1) is 0 Å². The van der Waals surface area contributed by atoms with Crippen LogP contribution in [0.15, 0.2) is 46.9 Å². The third-order valence-electron chi connectivity index (χ3n) is 3.88. The van der Waals surface area contributed by atoms with Gasteiger partial charge in [0.1, 0.15) is 5.75 Å². The van der Waals surface area contributed by atoms with Crippen LogP contribution in [0.5, 0.6) is 5.75 Å². The largest absolute Gasteiger partial charge is 0.480 e. The molecule has 0 amide bonds. The van der Waals surface area contributed by atoms with Gasteiger partial charge < -0.3 is 10.5 Å². The molecule has 1 unspecified atom stereocenters. The minimum absolute atomic E-state index is 0. The lowest BCUT2D eigenvalue weighted by Crippen LogP contribution is -2.47. The van der Waals surface area contributed by atoms with Gasteiger partial charge in [-0.25, -0.2) is 0 Å². The summed E-state index contributed by atoms with van der Waals surface area (Å²) in [5.41, 5.74) is 7.90. The number of ether oxygens (including phenoxy) is 1. The first-order valence-electron chi connectivity index (χ1n) is 6.51. The van der Waals surface area contributed by atoms with Crippen molar-refractivity contribution in [1.82, 2.24) is 0 Å². The molecular weight excluding hydrogens is 373 g/mol. The molecule has 0 aliphatic carbocycles. The highest BCUT2D eigenvalue weighted by molar-refractivity contribution is 9.10. The highest BCUT2D eigenvalue weighted by atomic mass is 79.9. The van der Waals surface area contributed by atoms with Crippen LogP contribution in [0.4, 0.5) is 0 Å². The first-order valence-corrected chi connectivity index (χ1v) is 7.69. The molecule has 1 heterocycles. The Balaban J connectivity index is 0.00000161. The quantitative estimate of drug-likeness (QED) is 0.808. The molecule has 2 atom stereocenters. The molecule has 112 valence electrons. The number of halogens is 3. The van der Waals surface area contributed by atoms with Crippen LogP contribution < -0.4 is 10.5 Å². The van der Waals surface area contributed by atoms with Crippen molar-refractivity contribution in [3.8, 4) is 5.75 Å². The Morgan fingerprint density at radius 3 is 2.52 bits per heavy atom. The summed E-state index contributed by atoms with van der Waals surface area (Å²) in [6, 6.07) is 13.7. The third kappa shape index (κ3) is 2.68. The lowest BCUT2D eigenvalue weighted by atomic mass is 9.84. The van der Waals surface area contributed by atoms with Gasteiger partial charge in [-0.15, -0.1) is 12.4 Å². The molecule has 0 radical (unpaired) electrons. The van der Waals surface area contributed by atoms with Crippen molar-refractivity contribution in [1.29, 1.82) is 0 Å². The van der Waals surface area contributed by atoms with E-state index in [9.17, 15) is 0 Å². The monoisotopic (exact) mass is 387 g/mol. The fraction of sp³-hybridized carbons (Fsp3) is 0.250. The van der Waals surface area contributed by atoms with Gasteiger partial charge in [0.15, 0.2) is 5.60 Å². The molecule has 1 aliphatic heterocycles. The summed E-state index contributed by atoms with van der Waals surface area (Å²) in [5.74, 6) is 0.849. The van der Waals surface area contributed by atoms with Crippen molar-refractivity contribution in [2.45, 2.75) is 25.0 Å². The lowest BCUT2D eigenvalue weighted by Gasteiger charge is -2.33. The van der Waals surface area contributed by atoms with Gasteiger partial charge in [-0.05, 0) is 40.5 Å². The molecule has 3 rings (SSSR count). The topological polar surface area (TPSA) is 35.2 Å². The van der Waals surface area contributed by atoms with Gasteiger partial charge in [-0.3, -0.25) is 0 Å². The van der Waals surface area contributed by atoms with Gasteiger partial charge >= 0.3 is 0 Å². The van der Waals surface area contributed by atoms with E-state index in [1.165, 1.54) is 0 Å². The highest BCUT2D eigenvalue weighted by Crippen LogP contribution is 2.47. The molecular formula is C16H16BrCl2NO. The third-order valence-corrected chi connectivity index (χ3v) is 5.33. The van der Waals surface area contributed by atoms with Crippen molar-refractivity contribution < 1.29 is 4.74 Å². The Hall–Kier alpha value is -0.740. The zero-order valence-corrected chi connectivity index (χ0v) is 14.6. The van der Waals surface area contributed by atoms with E-state index in [1.54, 1.807) is 0 Å². The molecule has 2 aromatic rings. The van der Waals surface area contributed by atoms with E-state index in [1.807, 2.05) is 37.3 Å². The smallest absolute Gasteiger partial charge is 0.153 e. The number of rotatable bonds is 2. The summed E-state index contributed by atoms with van der Waals surface area (Å²) in [5, 5.41) is 0.695. The second kappa shape index (κ2) is 6.17. The van der Waals surface area contributed by atoms with E-state index in [2.05, 4.69) is 28.1 Å². The van der Waals surface area contributed by atoms with Gasteiger partial charge in [0.05, 0.1) is 5.02 Å². The molecule has 2 aromatic carbocycles. The second-order valence-electron chi connectivity index (χ2n) is 5.16. The van der Waals surface area contributed by atoms with Crippen LogP contribution in [0.3, 0.4) is 0 Å².